The number of cyclic esters (lactones) is 1. The molecule has 1 aliphatic rings. The molecule has 19 heavy (non-hydrogen) atoms. The van der Waals surface area contributed by atoms with Gasteiger partial charge in [0.25, 0.3) is 0 Å². The molecule has 0 unspecified atom stereocenters. The number of benzene rings is 1. The van der Waals surface area contributed by atoms with Crippen molar-refractivity contribution in [2.75, 3.05) is 14.2 Å². The number of carbonyl (C=O) groups excluding carboxylic acids is 1. The molecule has 0 bridgehead atoms. The number of fused-ring (bicyclic) bond motifs is 1. The second-order valence-corrected chi connectivity index (χ2v) is 4.68. The second kappa shape index (κ2) is 5.48. The predicted octanol–water partition coefficient (Wildman–Crippen LogP) is 1.56. The van der Waals surface area contributed by atoms with Gasteiger partial charge in [-0.1, -0.05) is 0 Å². The molecule has 2 rings (SSSR count). The van der Waals surface area contributed by atoms with Gasteiger partial charge in [-0.15, -0.1) is 0 Å². The minimum atomic E-state index is -0.508. The van der Waals surface area contributed by atoms with Gasteiger partial charge in [-0.2, -0.15) is 0 Å². The van der Waals surface area contributed by atoms with Gasteiger partial charge < -0.3 is 19.3 Å². The standard InChI is InChI=1S/C14H18O5/c1-8(15)4-11-6-9-5-10(17-2)7-12(18-3)13(9)14(16)19-11/h5,7-8,11,15H,4,6H2,1-3H3/t8-,11-/m1/s1. The van der Waals surface area contributed by atoms with Crippen LogP contribution in [0.3, 0.4) is 0 Å². The first-order chi connectivity index (χ1) is 9.05. The van der Waals surface area contributed by atoms with Gasteiger partial charge in [-0.3, -0.25) is 0 Å². The lowest BCUT2D eigenvalue weighted by atomic mass is 9.95. The third kappa shape index (κ3) is 2.81. The van der Waals surface area contributed by atoms with E-state index in [4.69, 9.17) is 14.2 Å². The summed E-state index contributed by atoms with van der Waals surface area (Å²) in [6.07, 6.45) is 0.160. The zero-order valence-electron chi connectivity index (χ0n) is 11.3. The first-order valence-electron chi connectivity index (χ1n) is 6.19. The van der Waals surface area contributed by atoms with Crippen molar-refractivity contribution in [3.63, 3.8) is 0 Å². The van der Waals surface area contributed by atoms with Crippen molar-refractivity contribution >= 4 is 5.97 Å². The molecular weight excluding hydrogens is 248 g/mol. The predicted molar refractivity (Wildman–Crippen MR) is 68.8 cm³/mol. The van der Waals surface area contributed by atoms with Crippen LogP contribution < -0.4 is 9.47 Å². The molecule has 1 heterocycles. The molecule has 0 saturated carbocycles. The Balaban J connectivity index is 2.37. The zero-order valence-corrected chi connectivity index (χ0v) is 11.3. The van der Waals surface area contributed by atoms with Gasteiger partial charge >= 0.3 is 5.97 Å². The highest BCUT2D eigenvalue weighted by atomic mass is 16.5. The zero-order chi connectivity index (χ0) is 14.0. The Bertz CT molecular complexity index is 481. The second-order valence-electron chi connectivity index (χ2n) is 4.68. The summed E-state index contributed by atoms with van der Waals surface area (Å²) in [5, 5.41) is 9.40. The van der Waals surface area contributed by atoms with Gasteiger partial charge in [-0.05, 0) is 18.6 Å². The van der Waals surface area contributed by atoms with Crippen LogP contribution in [0.25, 0.3) is 0 Å². The lowest BCUT2D eigenvalue weighted by Crippen LogP contribution is -2.30. The van der Waals surface area contributed by atoms with Gasteiger partial charge in [-0.25, -0.2) is 4.79 Å². The fourth-order valence-corrected chi connectivity index (χ4v) is 2.33. The number of hydrogen-bond donors (Lipinski definition) is 1. The molecule has 1 N–H and O–H groups in total. The van der Waals surface area contributed by atoms with Gasteiger partial charge in [0.1, 0.15) is 23.2 Å². The first kappa shape index (κ1) is 13.7. The van der Waals surface area contributed by atoms with E-state index in [1.807, 2.05) is 6.07 Å². The van der Waals surface area contributed by atoms with Crippen LogP contribution in [0.4, 0.5) is 0 Å². The molecule has 0 spiro atoms. The van der Waals surface area contributed by atoms with Crippen LogP contribution in [0.1, 0.15) is 29.3 Å². The lowest BCUT2D eigenvalue weighted by Gasteiger charge is -2.27. The molecule has 104 valence electrons. The van der Waals surface area contributed by atoms with E-state index in [1.165, 1.54) is 7.11 Å². The van der Waals surface area contributed by atoms with E-state index in [1.54, 1.807) is 20.1 Å². The number of methoxy groups -OCH3 is 2. The van der Waals surface area contributed by atoms with E-state index in [-0.39, 0.29) is 6.10 Å². The highest BCUT2D eigenvalue weighted by Crippen LogP contribution is 2.34. The molecule has 1 aliphatic heterocycles. The summed E-state index contributed by atoms with van der Waals surface area (Å²) in [5.74, 6) is 0.683. The Labute approximate surface area is 112 Å². The maximum atomic E-state index is 12.0. The summed E-state index contributed by atoms with van der Waals surface area (Å²) in [6.45, 7) is 1.68. The molecular formula is C14H18O5. The largest absolute Gasteiger partial charge is 0.497 e. The number of ether oxygens (including phenoxy) is 3. The smallest absolute Gasteiger partial charge is 0.342 e. The first-order valence-corrected chi connectivity index (χ1v) is 6.19. The van der Waals surface area contributed by atoms with Crippen molar-refractivity contribution in [1.29, 1.82) is 0 Å². The van der Waals surface area contributed by atoms with E-state index in [0.717, 1.165) is 5.56 Å². The summed E-state index contributed by atoms with van der Waals surface area (Å²) in [7, 11) is 3.07. The average molecular weight is 266 g/mol. The molecule has 2 atom stereocenters. The Kier molecular flexibility index (Phi) is 3.95. The quantitative estimate of drug-likeness (QED) is 0.838. The van der Waals surface area contributed by atoms with Crippen LogP contribution in [-0.4, -0.2) is 37.5 Å². The summed E-state index contributed by atoms with van der Waals surface area (Å²) in [5.41, 5.74) is 1.28. The van der Waals surface area contributed by atoms with Crippen molar-refractivity contribution in [2.24, 2.45) is 0 Å². The van der Waals surface area contributed by atoms with Crippen LogP contribution in [0.5, 0.6) is 11.5 Å². The number of aliphatic hydroxyl groups is 1. The lowest BCUT2D eigenvalue weighted by molar-refractivity contribution is 0.0120. The molecule has 0 saturated heterocycles. The number of hydrogen-bond acceptors (Lipinski definition) is 5. The van der Waals surface area contributed by atoms with E-state index < -0.39 is 12.1 Å². The van der Waals surface area contributed by atoms with E-state index in [0.29, 0.717) is 29.9 Å². The average Bonchev–Trinajstić information content (AvgIpc) is 2.36. The summed E-state index contributed by atoms with van der Waals surface area (Å²) >= 11 is 0. The van der Waals surface area contributed by atoms with Crippen LogP contribution >= 0.6 is 0 Å². The minimum Gasteiger partial charge on any atom is -0.497 e. The van der Waals surface area contributed by atoms with Crippen molar-refractivity contribution in [2.45, 2.75) is 32.0 Å². The highest BCUT2D eigenvalue weighted by molar-refractivity contribution is 5.95. The number of carbonyl (C=O) groups is 1. The van der Waals surface area contributed by atoms with Gasteiger partial charge in [0.15, 0.2) is 0 Å². The number of esters is 1. The molecule has 0 aromatic heterocycles. The summed E-state index contributed by atoms with van der Waals surface area (Å²) in [6, 6.07) is 3.47. The molecule has 0 fully saturated rings. The van der Waals surface area contributed by atoms with Crippen LogP contribution in [-0.2, 0) is 11.2 Å². The molecule has 5 nitrogen and oxygen atoms in total. The minimum absolute atomic E-state index is 0.309. The van der Waals surface area contributed by atoms with Gasteiger partial charge in [0.2, 0.25) is 0 Å². The molecule has 5 heteroatoms. The Morgan fingerprint density at radius 2 is 2.16 bits per heavy atom. The Hall–Kier alpha value is -1.75. The molecule has 1 aromatic rings. The monoisotopic (exact) mass is 266 g/mol. The Morgan fingerprint density at radius 1 is 1.42 bits per heavy atom. The Morgan fingerprint density at radius 3 is 2.74 bits per heavy atom. The number of rotatable bonds is 4. The van der Waals surface area contributed by atoms with E-state index in [2.05, 4.69) is 0 Å². The van der Waals surface area contributed by atoms with Crippen molar-refractivity contribution in [3.8, 4) is 11.5 Å². The van der Waals surface area contributed by atoms with Crippen molar-refractivity contribution in [1.82, 2.24) is 0 Å². The van der Waals surface area contributed by atoms with Crippen molar-refractivity contribution < 1.29 is 24.1 Å². The third-order valence-corrected chi connectivity index (χ3v) is 3.14. The van der Waals surface area contributed by atoms with Gasteiger partial charge in [0, 0.05) is 18.9 Å². The fraction of sp³-hybridized carbons (Fsp3) is 0.500. The third-order valence-electron chi connectivity index (χ3n) is 3.14. The van der Waals surface area contributed by atoms with E-state index in [9.17, 15) is 9.90 Å². The van der Waals surface area contributed by atoms with Crippen LogP contribution in [0.2, 0.25) is 0 Å². The number of aliphatic hydroxyl groups excluding tert-OH is 1. The summed E-state index contributed by atoms with van der Waals surface area (Å²) < 4.78 is 15.7. The van der Waals surface area contributed by atoms with E-state index >= 15 is 0 Å². The van der Waals surface area contributed by atoms with Gasteiger partial charge in [0.05, 0.1) is 20.3 Å². The SMILES string of the molecule is COc1cc2c(c(OC)c1)C(=O)O[C@H](C[C@@H](C)O)C2. The maximum absolute atomic E-state index is 12.0. The molecule has 0 aliphatic carbocycles. The molecule has 0 radical (unpaired) electrons. The molecule has 1 aromatic carbocycles. The van der Waals surface area contributed by atoms with Crippen molar-refractivity contribution in [3.05, 3.63) is 23.3 Å². The summed E-state index contributed by atoms with van der Waals surface area (Å²) in [4.78, 5) is 12.0. The highest BCUT2D eigenvalue weighted by Gasteiger charge is 2.30. The normalized spacial score (nSPS) is 19.4. The molecule has 0 amide bonds. The fourth-order valence-electron chi connectivity index (χ4n) is 2.33. The topological polar surface area (TPSA) is 65.0 Å². The maximum Gasteiger partial charge on any atom is 0.342 e. The van der Waals surface area contributed by atoms with Crippen LogP contribution in [0, 0.1) is 0 Å². The van der Waals surface area contributed by atoms with Crippen LogP contribution in [0.15, 0.2) is 12.1 Å².